The molecule has 1 N–H and O–H groups in total. The minimum Gasteiger partial charge on any atom is -0.285 e. The van der Waals surface area contributed by atoms with E-state index in [0.717, 1.165) is 5.56 Å². The number of benzene rings is 1. The predicted octanol–water partition coefficient (Wildman–Crippen LogP) is 3.41. The van der Waals surface area contributed by atoms with Gasteiger partial charge in [0.1, 0.15) is 0 Å². The molecule has 0 saturated carbocycles. The van der Waals surface area contributed by atoms with Gasteiger partial charge in [0, 0.05) is 11.8 Å². The first kappa shape index (κ1) is 10.5. The van der Waals surface area contributed by atoms with Crippen molar-refractivity contribution in [1.82, 2.24) is 10.2 Å². The number of H-pyrrole nitrogens is 1. The van der Waals surface area contributed by atoms with Crippen molar-refractivity contribution in [3.8, 4) is 11.1 Å². The molecule has 0 radical (unpaired) electrons. The van der Waals surface area contributed by atoms with Crippen LogP contribution >= 0.6 is 0 Å². The maximum absolute atomic E-state index is 3.90. The van der Waals surface area contributed by atoms with E-state index in [1.54, 1.807) is 0 Å². The molecule has 2 aromatic rings. The Kier molecular flexibility index (Phi) is 3.92. The maximum Gasteiger partial charge on any atom is 0.0565 e. The molecule has 1 aromatic heterocycles. The van der Waals surface area contributed by atoms with Gasteiger partial charge in [0.05, 0.1) is 6.20 Å². The Morgan fingerprint density at radius 1 is 1.14 bits per heavy atom. The smallest absolute Gasteiger partial charge is 0.0565 e. The number of aromatic nitrogens is 2. The summed E-state index contributed by atoms with van der Waals surface area (Å²) in [6.07, 6.45) is 3.73. The second-order valence-corrected chi connectivity index (χ2v) is 2.86. The van der Waals surface area contributed by atoms with Crippen molar-refractivity contribution >= 4 is 0 Å². The van der Waals surface area contributed by atoms with Crippen LogP contribution < -0.4 is 0 Å². The SMILES string of the molecule is CC.Cc1cccc(-c2cn[nH]c2)c1. The quantitative estimate of drug-likeness (QED) is 0.730. The summed E-state index contributed by atoms with van der Waals surface area (Å²) in [5.41, 5.74) is 3.62. The number of aryl methyl sites for hydroxylation is 1. The fraction of sp³-hybridized carbons (Fsp3) is 0.250. The highest BCUT2D eigenvalue weighted by molar-refractivity contribution is 5.62. The molecule has 1 aromatic carbocycles. The average Bonchev–Trinajstić information content (AvgIpc) is 2.74. The third kappa shape index (κ3) is 2.46. The lowest BCUT2D eigenvalue weighted by Gasteiger charge is -1.97. The van der Waals surface area contributed by atoms with Gasteiger partial charge in [-0.25, -0.2) is 0 Å². The molecule has 0 spiro atoms. The molecule has 0 fully saturated rings. The molecule has 0 saturated heterocycles. The van der Waals surface area contributed by atoms with Crippen LogP contribution in [0.3, 0.4) is 0 Å². The van der Waals surface area contributed by atoms with Crippen LogP contribution in [0.15, 0.2) is 36.7 Å². The molecule has 74 valence electrons. The van der Waals surface area contributed by atoms with Gasteiger partial charge in [-0.05, 0) is 12.5 Å². The zero-order chi connectivity index (χ0) is 10.4. The fourth-order valence-electron chi connectivity index (χ4n) is 1.23. The van der Waals surface area contributed by atoms with Crippen LogP contribution in [0, 0.1) is 6.92 Å². The van der Waals surface area contributed by atoms with Crippen LogP contribution in [-0.4, -0.2) is 10.2 Å². The van der Waals surface area contributed by atoms with Crippen molar-refractivity contribution in [3.63, 3.8) is 0 Å². The molecule has 14 heavy (non-hydrogen) atoms. The summed E-state index contributed by atoms with van der Waals surface area (Å²) < 4.78 is 0. The number of rotatable bonds is 1. The zero-order valence-electron chi connectivity index (χ0n) is 8.91. The van der Waals surface area contributed by atoms with Gasteiger partial charge in [-0.1, -0.05) is 43.7 Å². The average molecular weight is 188 g/mol. The van der Waals surface area contributed by atoms with Gasteiger partial charge >= 0.3 is 0 Å². The van der Waals surface area contributed by atoms with Crippen LogP contribution in [0.1, 0.15) is 19.4 Å². The third-order valence-corrected chi connectivity index (χ3v) is 1.85. The Balaban J connectivity index is 0.000000461. The Morgan fingerprint density at radius 3 is 2.50 bits per heavy atom. The van der Waals surface area contributed by atoms with E-state index in [2.05, 4.69) is 41.4 Å². The van der Waals surface area contributed by atoms with Crippen LogP contribution in [0.4, 0.5) is 0 Å². The summed E-state index contributed by atoms with van der Waals surface area (Å²) in [6, 6.07) is 8.37. The van der Waals surface area contributed by atoms with Crippen molar-refractivity contribution in [2.45, 2.75) is 20.8 Å². The Bertz CT molecular complexity index is 364. The lowest BCUT2D eigenvalue weighted by Crippen LogP contribution is -1.75. The third-order valence-electron chi connectivity index (χ3n) is 1.85. The summed E-state index contributed by atoms with van der Waals surface area (Å²) in [6.45, 7) is 6.09. The highest BCUT2D eigenvalue weighted by Crippen LogP contribution is 2.17. The first-order valence-electron chi connectivity index (χ1n) is 4.92. The Labute approximate surface area is 85.0 Å². The second kappa shape index (κ2) is 5.22. The van der Waals surface area contributed by atoms with E-state index in [1.807, 2.05) is 26.2 Å². The number of aromatic amines is 1. The van der Waals surface area contributed by atoms with Crippen molar-refractivity contribution in [3.05, 3.63) is 42.2 Å². The summed E-state index contributed by atoms with van der Waals surface area (Å²) in [4.78, 5) is 0. The maximum atomic E-state index is 3.90. The fourth-order valence-corrected chi connectivity index (χ4v) is 1.23. The number of hydrogen-bond acceptors (Lipinski definition) is 1. The van der Waals surface area contributed by atoms with E-state index in [4.69, 9.17) is 0 Å². The lowest BCUT2D eigenvalue weighted by molar-refractivity contribution is 1.09. The molecule has 0 bridgehead atoms. The van der Waals surface area contributed by atoms with Crippen LogP contribution in [-0.2, 0) is 0 Å². The Morgan fingerprint density at radius 2 is 1.93 bits per heavy atom. The minimum absolute atomic E-state index is 1.14. The minimum atomic E-state index is 1.14. The zero-order valence-corrected chi connectivity index (χ0v) is 8.91. The van der Waals surface area contributed by atoms with E-state index in [9.17, 15) is 0 Å². The van der Waals surface area contributed by atoms with E-state index in [-0.39, 0.29) is 0 Å². The molecule has 0 amide bonds. The van der Waals surface area contributed by atoms with E-state index in [0.29, 0.717) is 0 Å². The first-order chi connectivity index (χ1) is 6.86. The van der Waals surface area contributed by atoms with E-state index in [1.165, 1.54) is 11.1 Å². The monoisotopic (exact) mass is 188 g/mol. The summed E-state index contributed by atoms with van der Waals surface area (Å²) >= 11 is 0. The van der Waals surface area contributed by atoms with Gasteiger partial charge in [0.25, 0.3) is 0 Å². The van der Waals surface area contributed by atoms with Gasteiger partial charge in [0.2, 0.25) is 0 Å². The van der Waals surface area contributed by atoms with Crippen LogP contribution in [0.2, 0.25) is 0 Å². The second-order valence-electron chi connectivity index (χ2n) is 2.86. The molecule has 1 heterocycles. The topological polar surface area (TPSA) is 28.7 Å². The van der Waals surface area contributed by atoms with Crippen molar-refractivity contribution < 1.29 is 0 Å². The summed E-state index contributed by atoms with van der Waals surface area (Å²) in [7, 11) is 0. The van der Waals surface area contributed by atoms with Gasteiger partial charge in [-0.15, -0.1) is 0 Å². The van der Waals surface area contributed by atoms with E-state index >= 15 is 0 Å². The number of nitrogens with zero attached hydrogens (tertiary/aromatic N) is 1. The number of hydrogen-bond donors (Lipinski definition) is 1. The highest BCUT2D eigenvalue weighted by Gasteiger charge is 1.96. The standard InChI is InChI=1S/C10H10N2.C2H6/c1-8-3-2-4-9(5-8)10-6-11-12-7-10;1-2/h2-7H,1H3,(H,11,12);1-2H3. The molecule has 2 heteroatoms. The summed E-state index contributed by atoms with van der Waals surface area (Å²) in [5.74, 6) is 0. The van der Waals surface area contributed by atoms with Crippen molar-refractivity contribution in [2.24, 2.45) is 0 Å². The van der Waals surface area contributed by atoms with Crippen molar-refractivity contribution in [2.75, 3.05) is 0 Å². The van der Waals surface area contributed by atoms with Crippen molar-refractivity contribution in [1.29, 1.82) is 0 Å². The molecular weight excluding hydrogens is 172 g/mol. The van der Waals surface area contributed by atoms with Gasteiger partial charge < -0.3 is 0 Å². The molecule has 0 atom stereocenters. The number of nitrogens with one attached hydrogen (secondary N) is 1. The Hall–Kier alpha value is -1.57. The lowest BCUT2D eigenvalue weighted by atomic mass is 10.1. The summed E-state index contributed by atoms with van der Waals surface area (Å²) in [5, 5.41) is 6.70. The molecule has 2 rings (SSSR count). The van der Waals surface area contributed by atoms with Crippen LogP contribution in [0.5, 0.6) is 0 Å². The highest BCUT2D eigenvalue weighted by atomic mass is 15.1. The molecular formula is C12H16N2. The largest absolute Gasteiger partial charge is 0.285 e. The molecule has 2 nitrogen and oxygen atoms in total. The van der Waals surface area contributed by atoms with E-state index < -0.39 is 0 Å². The molecule has 0 aliphatic rings. The molecule has 0 aliphatic heterocycles. The van der Waals surface area contributed by atoms with Gasteiger partial charge in [-0.2, -0.15) is 5.10 Å². The normalized spacial score (nSPS) is 9.07. The van der Waals surface area contributed by atoms with Gasteiger partial charge in [0.15, 0.2) is 0 Å². The molecule has 0 unspecified atom stereocenters. The van der Waals surface area contributed by atoms with Crippen LogP contribution in [0.25, 0.3) is 11.1 Å². The van der Waals surface area contributed by atoms with Gasteiger partial charge in [-0.3, -0.25) is 5.10 Å². The predicted molar refractivity (Wildman–Crippen MR) is 60.1 cm³/mol. The first-order valence-corrected chi connectivity index (χ1v) is 4.92. The molecule has 0 aliphatic carbocycles.